The Balaban J connectivity index is 3.56. The van der Waals surface area contributed by atoms with E-state index in [1.807, 2.05) is 6.92 Å². The summed E-state index contributed by atoms with van der Waals surface area (Å²) in [5.74, 6) is 2.89. The van der Waals surface area contributed by atoms with Crippen LogP contribution in [-0.2, 0) is 24.1 Å². The van der Waals surface area contributed by atoms with E-state index in [1.54, 1.807) is 23.5 Å². The zero-order valence-corrected chi connectivity index (χ0v) is 15.0. The van der Waals surface area contributed by atoms with Crippen LogP contribution >= 0.6 is 23.5 Å². The Bertz CT molecular complexity index is 395. The molecule has 0 aliphatic carbocycles. The van der Waals surface area contributed by atoms with E-state index in [2.05, 4.69) is 6.58 Å². The molecular weight excluding hydrogens is 332 g/mol. The topological polar surface area (TPSA) is 69.7 Å². The van der Waals surface area contributed by atoms with Gasteiger partial charge in [-0.1, -0.05) is 13.5 Å². The van der Waals surface area contributed by atoms with E-state index >= 15 is 0 Å². The van der Waals surface area contributed by atoms with Gasteiger partial charge in [-0.3, -0.25) is 4.79 Å². The second kappa shape index (κ2) is 12.4. The molecule has 0 saturated heterocycles. The number of sulfone groups is 1. The Kier molecular flexibility index (Phi) is 12.3. The molecule has 0 radical (unpaired) electrons. The standard InChI is InChI=1S/C13H24O5S3/c1-4-18-13(14)12(2)11-20-7-6-19-8-10-21(15,16)9-5-17-3/h4,12H,1,5-11H2,2-3H3. The lowest BCUT2D eigenvalue weighted by atomic mass is 10.2. The number of methoxy groups -OCH3 is 1. The Labute approximate surface area is 136 Å². The lowest BCUT2D eigenvalue weighted by molar-refractivity contribution is -0.141. The van der Waals surface area contributed by atoms with Gasteiger partial charge in [0.1, 0.15) is 0 Å². The monoisotopic (exact) mass is 356 g/mol. The van der Waals surface area contributed by atoms with E-state index in [-0.39, 0.29) is 30.0 Å². The van der Waals surface area contributed by atoms with Crippen molar-refractivity contribution in [3.05, 3.63) is 12.8 Å². The Morgan fingerprint density at radius 2 is 1.90 bits per heavy atom. The van der Waals surface area contributed by atoms with Gasteiger partial charge < -0.3 is 9.47 Å². The Morgan fingerprint density at radius 3 is 2.52 bits per heavy atom. The van der Waals surface area contributed by atoms with Gasteiger partial charge >= 0.3 is 5.97 Å². The van der Waals surface area contributed by atoms with E-state index in [0.717, 1.165) is 17.8 Å². The average Bonchev–Trinajstić information content (AvgIpc) is 2.44. The molecule has 0 aromatic carbocycles. The van der Waals surface area contributed by atoms with Crippen LogP contribution in [0.25, 0.3) is 0 Å². The molecule has 1 atom stereocenters. The SMILES string of the molecule is C=COC(=O)C(C)CSCCSCCS(=O)(=O)CCOC. The van der Waals surface area contributed by atoms with E-state index in [1.165, 1.54) is 7.11 Å². The number of carbonyl (C=O) groups excluding carboxylic acids is 1. The first-order chi connectivity index (χ1) is 9.93. The summed E-state index contributed by atoms with van der Waals surface area (Å²) in [5, 5.41) is 0. The highest BCUT2D eigenvalue weighted by Gasteiger charge is 2.13. The van der Waals surface area contributed by atoms with Crippen LogP contribution in [-0.4, -0.2) is 62.6 Å². The van der Waals surface area contributed by atoms with Crippen LogP contribution in [0, 0.1) is 5.92 Å². The fourth-order valence-electron chi connectivity index (χ4n) is 1.24. The molecule has 124 valence electrons. The van der Waals surface area contributed by atoms with Crippen LogP contribution in [0.4, 0.5) is 0 Å². The highest BCUT2D eigenvalue weighted by molar-refractivity contribution is 8.03. The smallest absolute Gasteiger partial charge is 0.314 e. The Morgan fingerprint density at radius 1 is 1.24 bits per heavy atom. The van der Waals surface area contributed by atoms with Crippen molar-refractivity contribution in [1.82, 2.24) is 0 Å². The van der Waals surface area contributed by atoms with E-state index < -0.39 is 9.84 Å². The minimum atomic E-state index is -2.99. The van der Waals surface area contributed by atoms with Crippen LogP contribution in [0.2, 0.25) is 0 Å². The second-order valence-corrected chi connectivity index (χ2v) is 9.01. The number of carbonyl (C=O) groups is 1. The second-order valence-electron chi connectivity index (χ2n) is 4.34. The van der Waals surface area contributed by atoms with Crippen molar-refractivity contribution in [1.29, 1.82) is 0 Å². The fourth-order valence-corrected chi connectivity index (χ4v) is 5.16. The van der Waals surface area contributed by atoms with Gasteiger partial charge in [-0.2, -0.15) is 23.5 Å². The summed E-state index contributed by atoms with van der Waals surface area (Å²) in [6, 6.07) is 0. The predicted octanol–water partition coefficient (Wildman–Crippen LogP) is 1.84. The third kappa shape index (κ3) is 12.1. The normalized spacial score (nSPS) is 12.9. The summed E-state index contributed by atoms with van der Waals surface area (Å²) in [6.45, 7) is 5.41. The number of hydrogen-bond donors (Lipinski definition) is 0. The van der Waals surface area contributed by atoms with Crippen molar-refractivity contribution in [3.8, 4) is 0 Å². The van der Waals surface area contributed by atoms with E-state index in [0.29, 0.717) is 11.5 Å². The minimum Gasteiger partial charge on any atom is -0.435 e. The highest BCUT2D eigenvalue weighted by Crippen LogP contribution is 2.13. The molecule has 0 aromatic heterocycles. The van der Waals surface area contributed by atoms with Crippen molar-refractivity contribution in [3.63, 3.8) is 0 Å². The highest BCUT2D eigenvalue weighted by atomic mass is 32.2. The van der Waals surface area contributed by atoms with Crippen LogP contribution in [0.1, 0.15) is 6.92 Å². The van der Waals surface area contributed by atoms with E-state index in [4.69, 9.17) is 9.47 Å². The molecule has 0 aromatic rings. The van der Waals surface area contributed by atoms with Gasteiger partial charge in [0.25, 0.3) is 0 Å². The maximum absolute atomic E-state index is 11.5. The molecule has 0 bridgehead atoms. The van der Waals surface area contributed by atoms with Gasteiger partial charge in [0.15, 0.2) is 9.84 Å². The number of thioether (sulfide) groups is 2. The van der Waals surface area contributed by atoms with Crippen LogP contribution in [0.3, 0.4) is 0 Å². The quantitative estimate of drug-likeness (QED) is 0.283. The third-order valence-corrected chi connectivity index (χ3v) is 6.82. The number of ether oxygens (including phenoxy) is 2. The predicted molar refractivity (Wildman–Crippen MR) is 90.6 cm³/mol. The summed E-state index contributed by atoms with van der Waals surface area (Å²) in [6.07, 6.45) is 1.14. The number of hydrogen-bond acceptors (Lipinski definition) is 7. The lowest BCUT2D eigenvalue weighted by Crippen LogP contribution is -2.16. The molecule has 1 unspecified atom stereocenters. The number of esters is 1. The summed E-state index contributed by atoms with van der Waals surface area (Å²) < 4.78 is 32.6. The first-order valence-corrected chi connectivity index (χ1v) is 10.7. The van der Waals surface area contributed by atoms with Gasteiger partial charge in [-0.15, -0.1) is 0 Å². The molecule has 0 aliphatic heterocycles. The molecule has 0 rings (SSSR count). The molecule has 21 heavy (non-hydrogen) atoms. The maximum atomic E-state index is 11.5. The molecule has 0 aliphatic rings. The fraction of sp³-hybridized carbons (Fsp3) is 0.769. The lowest BCUT2D eigenvalue weighted by Gasteiger charge is -2.08. The van der Waals surface area contributed by atoms with Crippen molar-refractivity contribution in [2.24, 2.45) is 5.92 Å². The molecule has 0 spiro atoms. The molecular formula is C13H24O5S3. The van der Waals surface area contributed by atoms with Gasteiger partial charge in [-0.05, 0) is 0 Å². The summed E-state index contributed by atoms with van der Waals surface area (Å²) in [7, 11) is -1.50. The van der Waals surface area contributed by atoms with Crippen molar-refractivity contribution in [2.45, 2.75) is 6.92 Å². The van der Waals surface area contributed by atoms with Crippen molar-refractivity contribution < 1.29 is 22.7 Å². The first kappa shape index (κ1) is 20.8. The molecule has 0 heterocycles. The van der Waals surface area contributed by atoms with Crippen molar-refractivity contribution >= 4 is 39.3 Å². The van der Waals surface area contributed by atoms with Gasteiger partial charge in [0, 0.05) is 30.1 Å². The first-order valence-electron chi connectivity index (χ1n) is 6.59. The zero-order chi connectivity index (χ0) is 16.1. The summed E-state index contributed by atoms with van der Waals surface area (Å²) in [4.78, 5) is 11.3. The maximum Gasteiger partial charge on any atom is 0.314 e. The van der Waals surface area contributed by atoms with Crippen LogP contribution in [0.15, 0.2) is 12.8 Å². The van der Waals surface area contributed by atoms with Gasteiger partial charge in [0.05, 0.1) is 30.3 Å². The largest absolute Gasteiger partial charge is 0.435 e. The molecule has 5 nitrogen and oxygen atoms in total. The molecule has 0 N–H and O–H groups in total. The number of rotatable bonds is 13. The molecule has 0 saturated carbocycles. The van der Waals surface area contributed by atoms with Gasteiger partial charge in [0.2, 0.25) is 0 Å². The van der Waals surface area contributed by atoms with Gasteiger partial charge in [-0.25, -0.2) is 8.42 Å². The Hall–Kier alpha value is -0.180. The molecule has 8 heteroatoms. The molecule has 0 amide bonds. The minimum absolute atomic E-state index is 0.0851. The van der Waals surface area contributed by atoms with Crippen LogP contribution < -0.4 is 0 Å². The summed E-state index contributed by atoms with van der Waals surface area (Å²) >= 11 is 3.27. The zero-order valence-electron chi connectivity index (χ0n) is 12.6. The summed E-state index contributed by atoms with van der Waals surface area (Å²) in [5.41, 5.74) is 0. The van der Waals surface area contributed by atoms with Crippen LogP contribution in [0.5, 0.6) is 0 Å². The average molecular weight is 357 g/mol. The van der Waals surface area contributed by atoms with E-state index in [9.17, 15) is 13.2 Å². The molecule has 0 fully saturated rings. The third-order valence-electron chi connectivity index (χ3n) is 2.48. The van der Waals surface area contributed by atoms with Crippen molar-refractivity contribution in [2.75, 3.05) is 48.2 Å².